The van der Waals surface area contributed by atoms with E-state index in [2.05, 4.69) is 0 Å². The van der Waals surface area contributed by atoms with Gasteiger partial charge in [-0.15, -0.1) is 0 Å². The zero-order valence-corrected chi connectivity index (χ0v) is 5.91. The van der Waals surface area contributed by atoms with Crippen LogP contribution in [0.4, 0.5) is 0 Å². The van der Waals surface area contributed by atoms with Crippen molar-refractivity contribution in [3.63, 3.8) is 0 Å². The first kappa shape index (κ1) is 6.74. The molecule has 0 aromatic carbocycles. The largest absolute Gasteiger partial charge is 0.389 e. The lowest BCUT2D eigenvalue weighted by atomic mass is 10.3. The van der Waals surface area contributed by atoms with E-state index in [-0.39, 0.29) is 0 Å². The van der Waals surface area contributed by atoms with E-state index in [1.807, 2.05) is 0 Å². The first-order valence-corrected chi connectivity index (χ1v) is 4.83. The maximum absolute atomic E-state index is 8.89. The van der Waals surface area contributed by atoms with E-state index < -0.39 is 11.5 Å². The molecule has 0 radical (unpaired) electrons. The lowest BCUT2D eigenvalue weighted by Crippen LogP contribution is -2.25. The Morgan fingerprint density at radius 1 is 1.38 bits per heavy atom. The summed E-state index contributed by atoms with van der Waals surface area (Å²) in [5.74, 6) is 0.947. The molecule has 2 unspecified atom stereocenters. The SMILES string of the molecule is OC1CCSSC1O. The smallest absolute Gasteiger partial charge is 0.135 e. The molecule has 2 N–H and O–H groups in total. The summed E-state index contributed by atoms with van der Waals surface area (Å²) in [6.45, 7) is 0. The third-order valence-corrected chi connectivity index (χ3v) is 3.54. The van der Waals surface area contributed by atoms with Crippen molar-refractivity contribution in [2.75, 3.05) is 5.75 Å². The average Bonchev–Trinajstić information content (AvgIpc) is 1.77. The second-order valence-corrected chi connectivity index (χ2v) is 4.27. The molecule has 1 heterocycles. The van der Waals surface area contributed by atoms with Crippen LogP contribution in [0.2, 0.25) is 0 Å². The lowest BCUT2D eigenvalue weighted by molar-refractivity contribution is 0.0714. The molecular formula is C4H8O2S2. The van der Waals surface area contributed by atoms with Gasteiger partial charge >= 0.3 is 0 Å². The quantitative estimate of drug-likeness (QED) is 0.494. The Hall–Kier alpha value is 0.620. The van der Waals surface area contributed by atoms with Gasteiger partial charge in [0.1, 0.15) is 5.44 Å². The number of aliphatic hydroxyl groups is 2. The predicted octanol–water partition coefficient (Wildman–Crippen LogP) is 0.451. The van der Waals surface area contributed by atoms with Crippen LogP contribution in [-0.4, -0.2) is 27.5 Å². The maximum Gasteiger partial charge on any atom is 0.135 e. The molecule has 0 bridgehead atoms. The first-order valence-electron chi connectivity index (χ1n) is 2.45. The normalized spacial score (nSPS) is 39.8. The Morgan fingerprint density at radius 2 is 2.12 bits per heavy atom. The highest BCUT2D eigenvalue weighted by Crippen LogP contribution is 2.33. The Bertz CT molecular complexity index is 68.4. The van der Waals surface area contributed by atoms with Crippen molar-refractivity contribution in [1.29, 1.82) is 0 Å². The molecule has 1 aliphatic heterocycles. The summed E-state index contributed by atoms with van der Waals surface area (Å²) < 4.78 is 0. The van der Waals surface area contributed by atoms with Gasteiger partial charge in [0, 0.05) is 5.75 Å². The Balaban J connectivity index is 2.28. The first-order chi connectivity index (χ1) is 3.80. The molecule has 0 saturated carbocycles. The van der Waals surface area contributed by atoms with Gasteiger partial charge in [0.2, 0.25) is 0 Å². The van der Waals surface area contributed by atoms with Crippen molar-refractivity contribution < 1.29 is 10.2 Å². The van der Waals surface area contributed by atoms with E-state index in [1.165, 1.54) is 10.8 Å². The molecule has 8 heavy (non-hydrogen) atoms. The van der Waals surface area contributed by atoms with Crippen LogP contribution in [0.5, 0.6) is 0 Å². The highest BCUT2D eigenvalue weighted by Gasteiger charge is 2.20. The fourth-order valence-corrected chi connectivity index (χ4v) is 2.71. The molecule has 0 aliphatic carbocycles. The standard InChI is InChI=1S/C4H8O2S2/c5-3-1-2-7-8-4(3)6/h3-6H,1-2H2. The fourth-order valence-electron chi connectivity index (χ4n) is 0.493. The van der Waals surface area contributed by atoms with E-state index in [4.69, 9.17) is 10.2 Å². The molecule has 1 rings (SSSR count). The highest BCUT2D eigenvalue weighted by atomic mass is 33.1. The van der Waals surface area contributed by atoms with Crippen LogP contribution >= 0.6 is 21.6 Å². The van der Waals surface area contributed by atoms with Gasteiger partial charge in [0.15, 0.2) is 0 Å². The Labute approximate surface area is 56.1 Å². The molecule has 2 atom stereocenters. The van der Waals surface area contributed by atoms with Gasteiger partial charge in [-0.25, -0.2) is 0 Å². The second-order valence-electron chi connectivity index (χ2n) is 1.66. The fraction of sp³-hybridized carbons (Fsp3) is 1.00. The summed E-state index contributed by atoms with van der Waals surface area (Å²) in [4.78, 5) is 0. The molecule has 0 aromatic rings. The Morgan fingerprint density at radius 3 is 2.50 bits per heavy atom. The summed E-state index contributed by atoms with van der Waals surface area (Å²) in [6, 6.07) is 0. The molecule has 1 fully saturated rings. The van der Waals surface area contributed by atoms with Crippen LogP contribution in [0.15, 0.2) is 0 Å². The third-order valence-electron chi connectivity index (χ3n) is 0.993. The average molecular weight is 152 g/mol. The second kappa shape index (κ2) is 2.96. The van der Waals surface area contributed by atoms with Crippen molar-refractivity contribution in [2.24, 2.45) is 0 Å². The van der Waals surface area contributed by atoms with Gasteiger partial charge in [0.25, 0.3) is 0 Å². The zero-order chi connectivity index (χ0) is 5.98. The van der Waals surface area contributed by atoms with E-state index in [0.29, 0.717) is 0 Å². The van der Waals surface area contributed by atoms with Crippen LogP contribution < -0.4 is 0 Å². The van der Waals surface area contributed by atoms with Crippen LogP contribution in [0.3, 0.4) is 0 Å². The molecule has 0 spiro atoms. The maximum atomic E-state index is 8.89. The van der Waals surface area contributed by atoms with E-state index in [9.17, 15) is 0 Å². The van der Waals surface area contributed by atoms with Crippen LogP contribution in [0.25, 0.3) is 0 Å². The minimum atomic E-state index is -0.561. The lowest BCUT2D eigenvalue weighted by Gasteiger charge is -2.20. The molecule has 0 amide bonds. The topological polar surface area (TPSA) is 40.5 Å². The van der Waals surface area contributed by atoms with Crippen LogP contribution in [0.1, 0.15) is 6.42 Å². The molecular weight excluding hydrogens is 144 g/mol. The minimum Gasteiger partial charge on any atom is -0.389 e. The third kappa shape index (κ3) is 1.55. The number of aliphatic hydroxyl groups excluding tert-OH is 2. The van der Waals surface area contributed by atoms with Crippen LogP contribution in [0, 0.1) is 0 Å². The van der Waals surface area contributed by atoms with Gasteiger partial charge in [-0.1, -0.05) is 21.6 Å². The van der Waals surface area contributed by atoms with Gasteiger partial charge in [-0.3, -0.25) is 0 Å². The van der Waals surface area contributed by atoms with E-state index >= 15 is 0 Å². The zero-order valence-electron chi connectivity index (χ0n) is 4.28. The number of hydrogen-bond donors (Lipinski definition) is 2. The summed E-state index contributed by atoms with van der Waals surface area (Å²) in [7, 11) is 2.96. The minimum absolute atomic E-state index is 0.499. The van der Waals surface area contributed by atoms with Gasteiger partial charge in [-0.05, 0) is 6.42 Å². The molecule has 48 valence electrons. The van der Waals surface area contributed by atoms with Crippen LogP contribution in [-0.2, 0) is 0 Å². The predicted molar refractivity (Wildman–Crippen MR) is 36.7 cm³/mol. The van der Waals surface area contributed by atoms with Crippen molar-refractivity contribution in [2.45, 2.75) is 18.0 Å². The highest BCUT2D eigenvalue weighted by molar-refractivity contribution is 8.77. The Kier molecular flexibility index (Phi) is 2.49. The van der Waals surface area contributed by atoms with Crippen molar-refractivity contribution >= 4 is 21.6 Å². The summed E-state index contributed by atoms with van der Waals surface area (Å²) in [5, 5.41) is 17.8. The molecule has 4 heteroatoms. The summed E-state index contributed by atoms with van der Waals surface area (Å²) in [6.07, 6.45) is 0.222. The molecule has 1 saturated heterocycles. The summed E-state index contributed by atoms with van der Waals surface area (Å²) in [5.41, 5.74) is -0.561. The van der Waals surface area contributed by atoms with Gasteiger partial charge in [0.05, 0.1) is 6.10 Å². The number of hydrogen-bond acceptors (Lipinski definition) is 4. The molecule has 1 aliphatic rings. The van der Waals surface area contributed by atoms with E-state index in [1.54, 1.807) is 10.8 Å². The van der Waals surface area contributed by atoms with Gasteiger partial charge < -0.3 is 10.2 Å². The van der Waals surface area contributed by atoms with Crippen molar-refractivity contribution in [1.82, 2.24) is 0 Å². The van der Waals surface area contributed by atoms with Crippen molar-refractivity contribution in [3.05, 3.63) is 0 Å². The van der Waals surface area contributed by atoms with Gasteiger partial charge in [-0.2, -0.15) is 0 Å². The monoisotopic (exact) mass is 152 g/mol. The molecule has 0 aromatic heterocycles. The number of rotatable bonds is 0. The summed E-state index contributed by atoms with van der Waals surface area (Å²) >= 11 is 0. The van der Waals surface area contributed by atoms with Crippen molar-refractivity contribution in [3.8, 4) is 0 Å². The van der Waals surface area contributed by atoms with E-state index in [0.717, 1.165) is 12.2 Å². The molecule has 2 nitrogen and oxygen atoms in total.